The highest BCUT2D eigenvalue weighted by Gasteiger charge is 2.15. The molecule has 84 valence electrons. The van der Waals surface area contributed by atoms with E-state index in [1.807, 2.05) is 0 Å². The van der Waals surface area contributed by atoms with Crippen molar-refractivity contribution in [1.29, 1.82) is 0 Å². The van der Waals surface area contributed by atoms with E-state index in [1.165, 1.54) is 11.1 Å². The van der Waals surface area contributed by atoms with Crippen LogP contribution in [0.2, 0.25) is 0 Å². The van der Waals surface area contributed by atoms with Crippen LogP contribution in [0.15, 0.2) is 18.2 Å². The molecular formula is C14H17NO. The third-order valence-electron chi connectivity index (χ3n) is 2.97. The molecule has 2 heteroatoms. The summed E-state index contributed by atoms with van der Waals surface area (Å²) in [5.41, 5.74) is 2.63. The summed E-state index contributed by atoms with van der Waals surface area (Å²) in [5, 5.41) is 3.35. The van der Waals surface area contributed by atoms with Gasteiger partial charge in [-0.1, -0.05) is 25.0 Å². The summed E-state index contributed by atoms with van der Waals surface area (Å²) in [5.74, 6) is 3.66. The van der Waals surface area contributed by atoms with Gasteiger partial charge in [0.1, 0.15) is 5.75 Å². The third-order valence-corrected chi connectivity index (χ3v) is 2.97. The molecule has 1 unspecified atom stereocenters. The predicted octanol–water partition coefficient (Wildman–Crippen LogP) is 2.30. The Bertz CT molecular complexity index is 406. The minimum Gasteiger partial charge on any atom is -0.493 e. The fourth-order valence-corrected chi connectivity index (χ4v) is 2.10. The number of nitrogens with one attached hydrogen (secondary N) is 1. The van der Waals surface area contributed by atoms with Gasteiger partial charge in [0.15, 0.2) is 0 Å². The average Bonchev–Trinajstić information content (AvgIpc) is 2.77. The average molecular weight is 215 g/mol. The van der Waals surface area contributed by atoms with Crippen LogP contribution in [0.1, 0.15) is 30.5 Å². The van der Waals surface area contributed by atoms with Crippen LogP contribution in [0.3, 0.4) is 0 Å². The summed E-state index contributed by atoms with van der Waals surface area (Å²) in [7, 11) is 0. The highest BCUT2D eigenvalue weighted by Crippen LogP contribution is 2.28. The summed E-state index contributed by atoms with van der Waals surface area (Å²) in [6.07, 6.45) is 7.33. The van der Waals surface area contributed by atoms with Gasteiger partial charge in [0.25, 0.3) is 0 Å². The number of hydrogen-bond donors (Lipinski definition) is 1. The van der Waals surface area contributed by atoms with Gasteiger partial charge in [0.2, 0.25) is 0 Å². The van der Waals surface area contributed by atoms with Crippen molar-refractivity contribution in [3.05, 3.63) is 29.3 Å². The molecule has 2 nitrogen and oxygen atoms in total. The molecule has 1 atom stereocenters. The quantitative estimate of drug-likeness (QED) is 0.778. The van der Waals surface area contributed by atoms with Gasteiger partial charge in [-0.2, -0.15) is 0 Å². The summed E-state index contributed by atoms with van der Waals surface area (Å²) < 4.78 is 5.50. The van der Waals surface area contributed by atoms with Crippen LogP contribution in [-0.2, 0) is 6.42 Å². The molecular weight excluding hydrogens is 198 g/mol. The topological polar surface area (TPSA) is 21.3 Å². The Balaban J connectivity index is 2.16. The van der Waals surface area contributed by atoms with Crippen LogP contribution in [0.5, 0.6) is 5.75 Å². The highest BCUT2D eigenvalue weighted by atomic mass is 16.5. The molecule has 16 heavy (non-hydrogen) atoms. The maximum atomic E-state index is 5.50. The Morgan fingerprint density at radius 3 is 3.19 bits per heavy atom. The van der Waals surface area contributed by atoms with E-state index in [2.05, 4.69) is 36.4 Å². The second-order valence-electron chi connectivity index (χ2n) is 4.01. The van der Waals surface area contributed by atoms with Crippen molar-refractivity contribution in [2.24, 2.45) is 0 Å². The Kier molecular flexibility index (Phi) is 3.48. The van der Waals surface area contributed by atoms with Gasteiger partial charge in [0, 0.05) is 12.5 Å². The maximum Gasteiger partial charge on any atom is 0.122 e. The van der Waals surface area contributed by atoms with Crippen molar-refractivity contribution >= 4 is 0 Å². The number of ether oxygens (including phenoxy) is 1. The molecule has 1 N–H and O–H groups in total. The van der Waals surface area contributed by atoms with Gasteiger partial charge >= 0.3 is 0 Å². The molecule has 0 aromatic heterocycles. The van der Waals surface area contributed by atoms with Gasteiger partial charge in [-0.15, -0.1) is 6.42 Å². The largest absolute Gasteiger partial charge is 0.493 e. The molecule has 0 saturated heterocycles. The first-order valence-corrected chi connectivity index (χ1v) is 5.77. The van der Waals surface area contributed by atoms with Gasteiger partial charge in [-0.3, -0.25) is 5.32 Å². The molecule has 1 heterocycles. The lowest BCUT2D eigenvalue weighted by atomic mass is 10.0. The smallest absolute Gasteiger partial charge is 0.122 e. The van der Waals surface area contributed by atoms with E-state index in [-0.39, 0.29) is 0 Å². The molecule has 1 aromatic rings. The van der Waals surface area contributed by atoms with Crippen LogP contribution in [0.4, 0.5) is 0 Å². The Labute approximate surface area is 97.0 Å². The molecule has 0 fully saturated rings. The lowest BCUT2D eigenvalue weighted by molar-refractivity contribution is 0.356. The van der Waals surface area contributed by atoms with Crippen molar-refractivity contribution in [3.8, 4) is 18.1 Å². The van der Waals surface area contributed by atoms with Crippen LogP contribution in [0, 0.1) is 12.3 Å². The molecule has 1 aliphatic rings. The number of hydrogen-bond acceptors (Lipinski definition) is 2. The lowest BCUT2D eigenvalue weighted by Crippen LogP contribution is -2.20. The van der Waals surface area contributed by atoms with E-state index in [0.717, 1.165) is 25.2 Å². The predicted molar refractivity (Wildman–Crippen MR) is 65.5 cm³/mol. The first-order chi connectivity index (χ1) is 7.85. The minimum atomic E-state index is 0.349. The van der Waals surface area contributed by atoms with Gasteiger partial charge in [-0.05, 0) is 23.6 Å². The van der Waals surface area contributed by atoms with E-state index in [0.29, 0.717) is 12.6 Å². The van der Waals surface area contributed by atoms with Crippen molar-refractivity contribution in [2.75, 3.05) is 13.2 Å². The number of fused-ring (bicyclic) bond motifs is 1. The molecule has 0 saturated carbocycles. The van der Waals surface area contributed by atoms with E-state index < -0.39 is 0 Å². The normalized spacial score (nSPS) is 15.0. The summed E-state index contributed by atoms with van der Waals surface area (Å²) in [4.78, 5) is 0. The molecule has 0 aliphatic carbocycles. The molecule has 0 bridgehead atoms. The zero-order valence-corrected chi connectivity index (χ0v) is 9.62. The van der Waals surface area contributed by atoms with Crippen LogP contribution in [-0.4, -0.2) is 13.2 Å². The molecule has 0 spiro atoms. The molecule has 1 aliphatic heterocycles. The van der Waals surface area contributed by atoms with Crippen LogP contribution in [0.25, 0.3) is 0 Å². The van der Waals surface area contributed by atoms with Crippen molar-refractivity contribution in [1.82, 2.24) is 5.32 Å². The summed E-state index contributed by atoms with van der Waals surface area (Å²) in [6, 6.07) is 6.78. The number of terminal acetylenes is 1. The monoisotopic (exact) mass is 215 g/mol. The van der Waals surface area contributed by atoms with E-state index in [1.54, 1.807) is 0 Å². The van der Waals surface area contributed by atoms with Crippen LogP contribution >= 0.6 is 0 Å². The Hall–Kier alpha value is -1.46. The van der Waals surface area contributed by atoms with Crippen molar-refractivity contribution in [3.63, 3.8) is 0 Å². The van der Waals surface area contributed by atoms with Gasteiger partial charge in [0.05, 0.1) is 13.2 Å². The summed E-state index contributed by atoms with van der Waals surface area (Å²) in [6.45, 7) is 3.59. The zero-order valence-electron chi connectivity index (χ0n) is 9.62. The van der Waals surface area contributed by atoms with Gasteiger partial charge in [-0.25, -0.2) is 0 Å². The Morgan fingerprint density at radius 1 is 1.56 bits per heavy atom. The molecule has 2 rings (SSSR count). The van der Waals surface area contributed by atoms with Crippen molar-refractivity contribution in [2.45, 2.75) is 25.8 Å². The number of rotatable bonds is 4. The number of benzene rings is 1. The summed E-state index contributed by atoms with van der Waals surface area (Å²) >= 11 is 0. The van der Waals surface area contributed by atoms with Gasteiger partial charge < -0.3 is 4.74 Å². The standard InChI is InChI=1S/C14H17NO/c1-3-8-15-13(4-2)11-5-6-14-12(10-11)7-9-16-14/h1,5-6,10,13,15H,4,7-9H2,2H3. The first-order valence-electron chi connectivity index (χ1n) is 5.77. The fraction of sp³-hybridized carbons (Fsp3) is 0.429. The SMILES string of the molecule is C#CCNC(CC)c1ccc2c(c1)CCO2. The van der Waals surface area contributed by atoms with E-state index >= 15 is 0 Å². The van der Waals surface area contributed by atoms with Crippen LogP contribution < -0.4 is 10.1 Å². The molecule has 0 amide bonds. The third kappa shape index (κ3) is 2.20. The lowest BCUT2D eigenvalue weighted by Gasteiger charge is -2.16. The van der Waals surface area contributed by atoms with Crippen molar-refractivity contribution < 1.29 is 4.74 Å². The van der Waals surface area contributed by atoms with E-state index in [4.69, 9.17) is 11.2 Å². The molecule has 1 aromatic carbocycles. The second-order valence-corrected chi connectivity index (χ2v) is 4.01. The highest BCUT2D eigenvalue weighted by molar-refractivity contribution is 5.40. The Morgan fingerprint density at radius 2 is 2.44 bits per heavy atom. The fourth-order valence-electron chi connectivity index (χ4n) is 2.10. The van der Waals surface area contributed by atoms with E-state index in [9.17, 15) is 0 Å². The zero-order chi connectivity index (χ0) is 11.4. The first kappa shape index (κ1) is 11.0. The maximum absolute atomic E-state index is 5.50. The molecule has 0 radical (unpaired) electrons. The minimum absolute atomic E-state index is 0.349. The second kappa shape index (κ2) is 5.05.